The van der Waals surface area contributed by atoms with Crippen molar-refractivity contribution in [3.8, 4) is 0 Å². The highest BCUT2D eigenvalue weighted by Gasteiger charge is 2.32. The van der Waals surface area contributed by atoms with Crippen molar-refractivity contribution >= 4 is 22.8 Å². The van der Waals surface area contributed by atoms with E-state index in [0.29, 0.717) is 17.9 Å². The number of aromatic nitrogens is 2. The zero-order chi connectivity index (χ0) is 23.8. The number of imidazole rings is 1. The van der Waals surface area contributed by atoms with Crippen LogP contribution in [0.25, 0.3) is 11.0 Å². The number of carbonyl (C=O) groups excluding carboxylic acids is 2. The van der Waals surface area contributed by atoms with E-state index in [1.807, 2.05) is 12.1 Å². The molecule has 3 atom stereocenters. The van der Waals surface area contributed by atoms with E-state index in [2.05, 4.69) is 37.5 Å². The molecule has 3 unspecified atom stereocenters. The minimum absolute atomic E-state index is 0.199. The van der Waals surface area contributed by atoms with Crippen molar-refractivity contribution < 1.29 is 9.59 Å². The second kappa shape index (κ2) is 9.45. The topological polar surface area (TPSA) is 85.1 Å². The van der Waals surface area contributed by atoms with E-state index in [1.165, 1.54) is 25.7 Å². The average Bonchev–Trinajstić information content (AvgIpc) is 3.02. The van der Waals surface area contributed by atoms with Crippen LogP contribution in [0, 0.1) is 11.3 Å². The number of fused-ring (bicyclic) bond motifs is 1. The van der Waals surface area contributed by atoms with E-state index in [9.17, 15) is 14.4 Å². The van der Waals surface area contributed by atoms with Gasteiger partial charge in [-0.05, 0) is 61.6 Å². The zero-order valence-corrected chi connectivity index (χ0v) is 20.4. The lowest BCUT2D eigenvalue weighted by Gasteiger charge is -2.38. The number of hydrogen-bond donors (Lipinski definition) is 2. The van der Waals surface area contributed by atoms with Crippen LogP contribution in [0.2, 0.25) is 0 Å². The lowest BCUT2D eigenvalue weighted by molar-refractivity contribution is -0.135. The van der Waals surface area contributed by atoms with E-state index < -0.39 is 6.04 Å². The fourth-order valence-electron chi connectivity index (χ4n) is 5.62. The fraction of sp³-hybridized carbons (Fsp3) is 0.654. The van der Waals surface area contributed by atoms with Crippen molar-refractivity contribution in [1.82, 2.24) is 19.8 Å². The number of piperidine rings is 2. The van der Waals surface area contributed by atoms with Crippen LogP contribution in [0.1, 0.15) is 77.3 Å². The Kier molecular flexibility index (Phi) is 6.80. The lowest BCUT2D eigenvalue weighted by Crippen LogP contribution is -2.46. The predicted molar refractivity (Wildman–Crippen MR) is 130 cm³/mol. The maximum Gasteiger partial charge on any atom is 0.329 e. The standard InChI is InChI=1S/C26H38N4O3/c1-26(2,3)21-16-17(14-15-27-21)8-5-6-9-18-10-7-11-19-23(18)29(4)25(33)30(19)20-12-13-22(31)28-24(20)32/h7,10-11,17,20-21,27H,5-6,8-9,12-16H2,1-4H3,(H,28,31,32). The molecule has 1 aromatic carbocycles. The Morgan fingerprint density at radius 2 is 1.88 bits per heavy atom. The summed E-state index contributed by atoms with van der Waals surface area (Å²) in [6.07, 6.45) is 7.55. The van der Waals surface area contributed by atoms with Crippen molar-refractivity contribution in [2.45, 2.75) is 84.2 Å². The van der Waals surface area contributed by atoms with Gasteiger partial charge >= 0.3 is 5.69 Å². The Labute approximate surface area is 195 Å². The van der Waals surface area contributed by atoms with Gasteiger partial charge < -0.3 is 5.32 Å². The highest BCUT2D eigenvalue weighted by atomic mass is 16.2. The number of rotatable bonds is 6. The first-order valence-corrected chi connectivity index (χ1v) is 12.4. The van der Waals surface area contributed by atoms with Crippen LogP contribution in [0.15, 0.2) is 23.0 Å². The minimum atomic E-state index is -0.634. The third kappa shape index (κ3) is 4.93. The smallest absolute Gasteiger partial charge is 0.313 e. The Morgan fingerprint density at radius 1 is 1.09 bits per heavy atom. The number of aryl methyl sites for hydroxylation is 2. The molecule has 4 rings (SSSR count). The van der Waals surface area contributed by atoms with Crippen LogP contribution in [0.4, 0.5) is 0 Å². The van der Waals surface area contributed by atoms with Crippen molar-refractivity contribution in [2.75, 3.05) is 6.54 Å². The zero-order valence-electron chi connectivity index (χ0n) is 20.4. The molecule has 0 aliphatic carbocycles. The molecule has 0 saturated carbocycles. The first-order chi connectivity index (χ1) is 15.7. The molecule has 1 aromatic heterocycles. The fourth-order valence-corrected chi connectivity index (χ4v) is 5.62. The van der Waals surface area contributed by atoms with Gasteiger partial charge in [0.25, 0.3) is 0 Å². The van der Waals surface area contributed by atoms with Crippen LogP contribution in [-0.2, 0) is 23.1 Å². The second-order valence-electron chi connectivity index (χ2n) is 11.0. The van der Waals surface area contributed by atoms with Gasteiger partial charge in [0.05, 0.1) is 11.0 Å². The minimum Gasteiger partial charge on any atom is -0.313 e. The van der Waals surface area contributed by atoms with Crippen LogP contribution in [0.3, 0.4) is 0 Å². The molecule has 7 nitrogen and oxygen atoms in total. The summed E-state index contributed by atoms with van der Waals surface area (Å²) in [6.45, 7) is 8.07. The van der Waals surface area contributed by atoms with Crippen molar-refractivity contribution in [2.24, 2.45) is 18.4 Å². The molecule has 2 N–H and O–H groups in total. The number of imide groups is 1. The molecular formula is C26H38N4O3. The largest absolute Gasteiger partial charge is 0.329 e. The molecule has 180 valence electrons. The van der Waals surface area contributed by atoms with Crippen LogP contribution < -0.4 is 16.3 Å². The summed E-state index contributed by atoms with van der Waals surface area (Å²) in [6, 6.07) is 5.93. The SMILES string of the molecule is Cn1c(=O)n(C2CCC(=O)NC2=O)c2cccc(CCCCC3CCNC(C(C)(C)C)C3)c21. The molecule has 2 saturated heterocycles. The summed E-state index contributed by atoms with van der Waals surface area (Å²) >= 11 is 0. The summed E-state index contributed by atoms with van der Waals surface area (Å²) < 4.78 is 3.23. The monoisotopic (exact) mass is 454 g/mol. The summed E-state index contributed by atoms with van der Waals surface area (Å²) in [5.41, 5.74) is 2.93. The number of para-hydroxylation sites is 1. The van der Waals surface area contributed by atoms with Crippen molar-refractivity contribution in [3.63, 3.8) is 0 Å². The van der Waals surface area contributed by atoms with Gasteiger partial charge in [0.1, 0.15) is 6.04 Å². The van der Waals surface area contributed by atoms with Gasteiger partial charge in [0.15, 0.2) is 0 Å². The number of benzene rings is 1. The number of nitrogens with one attached hydrogen (secondary N) is 2. The van der Waals surface area contributed by atoms with Gasteiger partial charge in [-0.3, -0.25) is 24.0 Å². The molecule has 0 radical (unpaired) electrons. The highest BCUT2D eigenvalue weighted by Crippen LogP contribution is 2.32. The van der Waals surface area contributed by atoms with E-state index in [0.717, 1.165) is 41.9 Å². The molecule has 33 heavy (non-hydrogen) atoms. The molecule has 0 spiro atoms. The predicted octanol–water partition coefficient (Wildman–Crippen LogP) is 3.44. The molecule has 2 aliphatic rings. The van der Waals surface area contributed by atoms with Gasteiger partial charge in [0.2, 0.25) is 11.8 Å². The van der Waals surface area contributed by atoms with Gasteiger partial charge in [-0.25, -0.2) is 4.79 Å². The summed E-state index contributed by atoms with van der Waals surface area (Å²) in [5.74, 6) is 0.124. The first-order valence-electron chi connectivity index (χ1n) is 12.4. The highest BCUT2D eigenvalue weighted by molar-refractivity contribution is 6.00. The van der Waals surface area contributed by atoms with Crippen LogP contribution >= 0.6 is 0 Å². The maximum absolute atomic E-state index is 13.1. The van der Waals surface area contributed by atoms with E-state index in [-0.39, 0.29) is 23.9 Å². The first kappa shape index (κ1) is 23.7. The Hall–Kier alpha value is -2.41. The summed E-state index contributed by atoms with van der Waals surface area (Å²) in [4.78, 5) is 37.1. The van der Waals surface area contributed by atoms with E-state index >= 15 is 0 Å². The normalized spacial score (nSPS) is 24.3. The quantitative estimate of drug-likeness (QED) is 0.517. The third-order valence-electron chi connectivity index (χ3n) is 7.57. The number of carbonyl (C=O) groups is 2. The Bertz CT molecular complexity index is 1090. The van der Waals surface area contributed by atoms with E-state index in [4.69, 9.17) is 0 Å². The Morgan fingerprint density at radius 3 is 2.61 bits per heavy atom. The summed E-state index contributed by atoms with van der Waals surface area (Å²) in [7, 11) is 1.78. The number of unbranched alkanes of at least 4 members (excludes halogenated alkanes) is 1. The van der Waals surface area contributed by atoms with Crippen molar-refractivity contribution in [3.05, 3.63) is 34.2 Å². The molecule has 3 heterocycles. The third-order valence-corrected chi connectivity index (χ3v) is 7.57. The average molecular weight is 455 g/mol. The molecule has 2 amide bonds. The van der Waals surface area contributed by atoms with Crippen LogP contribution in [0.5, 0.6) is 0 Å². The number of nitrogens with zero attached hydrogens (tertiary/aromatic N) is 2. The molecule has 2 fully saturated rings. The summed E-state index contributed by atoms with van der Waals surface area (Å²) in [5, 5.41) is 6.07. The van der Waals surface area contributed by atoms with Gasteiger partial charge in [-0.2, -0.15) is 0 Å². The molecule has 2 aromatic rings. The maximum atomic E-state index is 13.1. The van der Waals surface area contributed by atoms with Gasteiger partial charge in [-0.15, -0.1) is 0 Å². The molecule has 2 aliphatic heterocycles. The molecule has 7 heteroatoms. The van der Waals surface area contributed by atoms with Gasteiger partial charge in [-0.1, -0.05) is 45.7 Å². The number of hydrogen-bond acceptors (Lipinski definition) is 4. The van der Waals surface area contributed by atoms with E-state index in [1.54, 1.807) is 16.2 Å². The molecule has 0 bridgehead atoms. The molecular weight excluding hydrogens is 416 g/mol. The Balaban J connectivity index is 1.44. The van der Waals surface area contributed by atoms with Crippen molar-refractivity contribution in [1.29, 1.82) is 0 Å². The second-order valence-corrected chi connectivity index (χ2v) is 11.0. The number of amides is 2. The van der Waals surface area contributed by atoms with Gasteiger partial charge in [0, 0.05) is 19.5 Å². The van der Waals surface area contributed by atoms with Crippen LogP contribution in [-0.4, -0.2) is 33.5 Å². The lowest BCUT2D eigenvalue weighted by atomic mass is 9.77.